The highest BCUT2D eigenvalue weighted by atomic mass is 35.1. The van der Waals surface area contributed by atoms with Crippen molar-refractivity contribution in [3.05, 3.63) is 53.6 Å². The van der Waals surface area contributed by atoms with Crippen LogP contribution in [0.25, 0.3) is 0 Å². The molecule has 234 valence electrons. The zero-order chi connectivity index (χ0) is 30.8. The molecule has 0 spiro atoms. The summed E-state index contributed by atoms with van der Waals surface area (Å²) in [5.74, 6) is 0.0568. The number of alkyl halides is 3. The summed E-state index contributed by atoms with van der Waals surface area (Å²) >= 11 is 0. The molecule has 13 heteroatoms. The average Bonchev–Trinajstić information content (AvgIpc) is 2.96. The Labute approximate surface area is 249 Å². The number of para-hydroxylation sites is 1. The number of hydrogen-bond acceptors (Lipinski definition) is 6. The molecule has 0 N–H and O–H groups in total. The lowest BCUT2D eigenvalue weighted by atomic mass is 9.95. The number of carbonyl (C=O) groups excluding carboxylic acids is 2. The van der Waals surface area contributed by atoms with Crippen LogP contribution >= 0.6 is 0 Å². The first-order valence-corrected chi connectivity index (χ1v) is 16.3. The molecule has 0 radical (unpaired) electrons. The highest BCUT2D eigenvalue weighted by Crippen LogP contribution is 2.33. The van der Waals surface area contributed by atoms with Crippen LogP contribution in [0.15, 0.2) is 42.5 Å². The van der Waals surface area contributed by atoms with Gasteiger partial charge < -0.3 is 19.3 Å². The van der Waals surface area contributed by atoms with E-state index < -0.39 is 22.8 Å². The fourth-order valence-corrected chi connectivity index (χ4v) is 6.90. The summed E-state index contributed by atoms with van der Waals surface area (Å²) in [6.45, 7) is -0.0600. The Balaban J connectivity index is 1.22. The van der Waals surface area contributed by atoms with Crippen LogP contribution in [0.5, 0.6) is 11.5 Å². The molecular weight excluding hydrogens is 590 g/mol. The number of benzene rings is 2. The van der Waals surface area contributed by atoms with Gasteiger partial charge in [-0.1, -0.05) is 24.3 Å². The van der Waals surface area contributed by atoms with E-state index in [0.717, 1.165) is 17.5 Å². The van der Waals surface area contributed by atoms with Gasteiger partial charge in [-0.25, -0.2) is 12.7 Å². The normalized spacial score (nSPS) is 19.3. The number of rotatable bonds is 8. The number of halogens is 3. The van der Waals surface area contributed by atoms with E-state index >= 15 is 0 Å². The molecule has 3 aliphatic heterocycles. The summed E-state index contributed by atoms with van der Waals surface area (Å²) in [6, 6.07) is 12.3. The topological polar surface area (TPSA) is 96.5 Å². The molecule has 0 saturated carbocycles. The number of likely N-dealkylation sites (tertiary alicyclic amines) is 1. The van der Waals surface area contributed by atoms with E-state index in [-0.39, 0.29) is 36.1 Å². The van der Waals surface area contributed by atoms with Gasteiger partial charge >= 0.3 is 6.18 Å². The number of piperidine rings is 2. The Hall–Kier alpha value is -3.32. The number of fused-ring (bicyclic) bond motifs is 1. The van der Waals surface area contributed by atoms with Crippen molar-refractivity contribution < 1.29 is 40.7 Å². The van der Waals surface area contributed by atoms with Crippen molar-refractivity contribution in [1.82, 2.24) is 9.21 Å². The number of amides is 2. The van der Waals surface area contributed by atoms with Crippen molar-refractivity contribution in [2.45, 2.75) is 63.3 Å². The maximum absolute atomic E-state index is 13.3. The Morgan fingerprint density at radius 3 is 2.35 bits per heavy atom. The fraction of sp³-hybridized carbons (Fsp3) is 0.533. The van der Waals surface area contributed by atoms with Gasteiger partial charge in [-0.05, 0) is 49.8 Å². The molecule has 43 heavy (non-hydrogen) atoms. The minimum absolute atomic E-state index is 0.0237. The molecule has 0 aromatic heterocycles. The summed E-state index contributed by atoms with van der Waals surface area (Å²) in [7, 11) is -3.30. The Morgan fingerprint density at radius 1 is 0.977 bits per heavy atom. The van der Waals surface area contributed by atoms with Gasteiger partial charge in [-0.15, -0.1) is 0 Å². The van der Waals surface area contributed by atoms with Gasteiger partial charge in [-0.2, -0.15) is 13.2 Å². The summed E-state index contributed by atoms with van der Waals surface area (Å²) < 4.78 is 75.1. The van der Waals surface area contributed by atoms with Gasteiger partial charge in [0.15, 0.2) is 6.61 Å². The maximum Gasteiger partial charge on any atom is 0.422 e. The van der Waals surface area contributed by atoms with Gasteiger partial charge in [0, 0.05) is 56.0 Å². The summed E-state index contributed by atoms with van der Waals surface area (Å²) in [4.78, 5) is 29.6. The van der Waals surface area contributed by atoms with Crippen LogP contribution in [0, 0.1) is 0 Å². The predicted molar refractivity (Wildman–Crippen MR) is 154 cm³/mol. The minimum Gasteiger partial charge on any atom is -0.490 e. The van der Waals surface area contributed by atoms with Gasteiger partial charge in [0.1, 0.15) is 17.6 Å². The van der Waals surface area contributed by atoms with Crippen LogP contribution in [-0.2, 0) is 32.5 Å². The molecule has 2 saturated heterocycles. The quantitative estimate of drug-likeness (QED) is 0.441. The molecule has 0 bridgehead atoms. The third-order valence-corrected chi connectivity index (χ3v) is 9.56. The first kappa shape index (κ1) is 31.1. The third-order valence-electron chi connectivity index (χ3n) is 8.25. The Kier molecular flexibility index (Phi) is 9.21. The second kappa shape index (κ2) is 12.7. The van der Waals surface area contributed by atoms with Crippen molar-refractivity contribution in [2.24, 2.45) is 0 Å². The van der Waals surface area contributed by atoms with Crippen molar-refractivity contribution >= 4 is 27.5 Å². The van der Waals surface area contributed by atoms with Crippen LogP contribution in [0.1, 0.15) is 43.2 Å². The minimum atomic E-state index is -4.57. The largest absolute Gasteiger partial charge is 0.490 e. The molecule has 3 heterocycles. The molecule has 0 atom stereocenters. The van der Waals surface area contributed by atoms with E-state index in [9.17, 15) is 31.2 Å². The average molecular weight is 627 g/mol. The smallest absolute Gasteiger partial charge is 0.422 e. The molecule has 2 fully saturated rings. The molecule has 5 rings (SSSR count). The standard InChI is InChI=1S/C30H36F3N3O6S/c1-43(39,40)35-16-12-24(13-17-35)42-25-8-6-22(27(19-25)41-20-30(31,32)33)18-29(38)34-14-10-23(11-15-34)36-26-5-3-2-4-21(26)7-9-28(36)37/h2-6,8,19,23-24H,7,9-18,20H2,1H3/i43+3. The number of anilines is 1. The highest BCUT2D eigenvalue weighted by Gasteiger charge is 2.34. The number of hydrogen-bond donors (Lipinski definition) is 0. The molecular formula is C30H36F3N3O6S. The zero-order valence-corrected chi connectivity index (χ0v) is 24.8. The first-order valence-electron chi connectivity index (χ1n) is 14.5. The van der Waals surface area contributed by atoms with E-state index in [1.807, 2.05) is 29.2 Å². The number of ether oxygens (including phenoxy) is 2. The molecule has 2 amide bonds. The van der Waals surface area contributed by atoms with Crippen molar-refractivity contribution in [3.63, 3.8) is 0 Å². The van der Waals surface area contributed by atoms with Gasteiger partial charge in [0.2, 0.25) is 21.8 Å². The SMILES string of the molecule is C[35S](=O)(=O)N1CCC(Oc2ccc(CC(=O)N3CCC(N4C(=O)CCc5ccccc54)CC3)c(OCC(F)(F)F)c2)CC1. The molecule has 0 unspecified atom stereocenters. The van der Waals surface area contributed by atoms with Crippen LogP contribution in [-0.4, -0.2) is 86.8 Å². The summed E-state index contributed by atoms with van der Waals surface area (Å²) in [5, 5.41) is 0. The lowest BCUT2D eigenvalue weighted by molar-refractivity contribution is -0.153. The highest BCUT2D eigenvalue weighted by molar-refractivity contribution is 7.88. The number of aryl methyl sites for hydroxylation is 1. The van der Waals surface area contributed by atoms with E-state index in [1.54, 1.807) is 17.0 Å². The molecule has 0 aliphatic carbocycles. The van der Waals surface area contributed by atoms with E-state index in [4.69, 9.17) is 9.47 Å². The van der Waals surface area contributed by atoms with Crippen LogP contribution in [0.3, 0.4) is 0 Å². The van der Waals surface area contributed by atoms with Crippen molar-refractivity contribution in [2.75, 3.05) is 43.9 Å². The summed E-state index contributed by atoms with van der Waals surface area (Å²) in [6.07, 6.45) is -0.602. The molecule has 2 aromatic rings. The van der Waals surface area contributed by atoms with E-state index in [2.05, 4.69) is 0 Å². The van der Waals surface area contributed by atoms with E-state index in [0.29, 0.717) is 76.0 Å². The second-order valence-electron chi connectivity index (χ2n) is 11.3. The van der Waals surface area contributed by atoms with Gasteiger partial charge in [0.25, 0.3) is 0 Å². The third kappa shape index (κ3) is 7.80. The van der Waals surface area contributed by atoms with Gasteiger partial charge in [-0.3, -0.25) is 9.59 Å². The zero-order valence-electron chi connectivity index (χ0n) is 24.0. The number of sulfonamides is 1. The maximum atomic E-state index is 13.3. The van der Waals surface area contributed by atoms with Crippen LogP contribution in [0.4, 0.5) is 18.9 Å². The lowest BCUT2D eigenvalue weighted by Gasteiger charge is -2.41. The van der Waals surface area contributed by atoms with E-state index in [1.165, 1.54) is 10.4 Å². The van der Waals surface area contributed by atoms with Crippen molar-refractivity contribution in [1.29, 1.82) is 0 Å². The predicted octanol–water partition coefficient (Wildman–Crippen LogP) is 3.94. The molecule has 2 aromatic carbocycles. The lowest BCUT2D eigenvalue weighted by Crippen LogP contribution is -2.50. The monoisotopic (exact) mass is 626 g/mol. The first-order chi connectivity index (χ1) is 20.4. The Bertz CT molecular complexity index is 1430. The number of nitrogens with zero attached hydrogens (tertiary/aromatic N) is 3. The molecule has 3 aliphatic rings. The number of carbonyl (C=O) groups is 2. The van der Waals surface area contributed by atoms with Crippen LogP contribution in [0.2, 0.25) is 0 Å². The van der Waals surface area contributed by atoms with Crippen molar-refractivity contribution in [3.8, 4) is 11.5 Å². The van der Waals surface area contributed by atoms with Crippen LogP contribution < -0.4 is 14.4 Å². The fourth-order valence-electron chi connectivity index (χ4n) is 6.02. The summed E-state index contributed by atoms with van der Waals surface area (Å²) in [5.41, 5.74) is 2.38. The second-order valence-corrected chi connectivity index (χ2v) is 13.3. The van der Waals surface area contributed by atoms with Gasteiger partial charge in [0.05, 0.1) is 12.7 Å². The Morgan fingerprint density at radius 2 is 1.67 bits per heavy atom. The molecule has 9 nitrogen and oxygen atoms in total.